The van der Waals surface area contributed by atoms with E-state index < -0.39 is 23.5 Å². The molecular weight excluding hydrogens is 394 g/mol. The standard InChI is InChI=1S/C22H24F6O/c23-21(24,25)19-11-7-17(8-12-19)5-1-3-15-29-16-4-2-6-18-9-13-20(14-10-18)22(26,27)28/h7-14H,1-6,15-16H2. The lowest BCUT2D eigenvalue weighted by Gasteiger charge is -2.08. The van der Waals surface area contributed by atoms with Gasteiger partial charge in [0, 0.05) is 13.2 Å². The molecule has 0 aromatic heterocycles. The average molecular weight is 418 g/mol. The zero-order valence-electron chi connectivity index (χ0n) is 16.0. The van der Waals surface area contributed by atoms with Gasteiger partial charge in [-0.25, -0.2) is 0 Å². The highest BCUT2D eigenvalue weighted by Gasteiger charge is 2.30. The van der Waals surface area contributed by atoms with E-state index in [0.717, 1.165) is 61.1 Å². The highest BCUT2D eigenvalue weighted by Crippen LogP contribution is 2.30. The predicted octanol–water partition coefficient (Wildman–Crippen LogP) is 7.09. The monoisotopic (exact) mass is 418 g/mol. The SMILES string of the molecule is FC(F)(F)c1ccc(CCCCOCCCCc2ccc(C(F)(F)F)cc2)cc1. The van der Waals surface area contributed by atoms with E-state index in [1.54, 1.807) is 0 Å². The summed E-state index contributed by atoms with van der Waals surface area (Å²) in [5.74, 6) is 0. The Labute approximate surface area is 166 Å². The van der Waals surface area contributed by atoms with Crippen molar-refractivity contribution < 1.29 is 31.1 Å². The van der Waals surface area contributed by atoms with Gasteiger partial charge in [-0.3, -0.25) is 0 Å². The van der Waals surface area contributed by atoms with E-state index >= 15 is 0 Å². The van der Waals surface area contributed by atoms with Gasteiger partial charge in [0.15, 0.2) is 0 Å². The van der Waals surface area contributed by atoms with Gasteiger partial charge in [-0.2, -0.15) is 26.3 Å². The molecule has 2 rings (SSSR count). The Morgan fingerprint density at radius 1 is 0.517 bits per heavy atom. The Hall–Kier alpha value is -2.02. The van der Waals surface area contributed by atoms with Gasteiger partial charge in [0.05, 0.1) is 11.1 Å². The minimum atomic E-state index is -4.31. The van der Waals surface area contributed by atoms with Gasteiger partial charge >= 0.3 is 12.4 Å². The van der Waals surface area contributed by atoms with E-state index in [1.807, 2.05) is 0 Å². The van der Waals surface area contributed by atoms with Crippen LogP contribution in [0.3, 0.4) is 0 Å². The van der Waals surface area contributed by atoms with Gasteiger partial charge < -0.3 is 4.74 Å². The third kappa shape index (κ3) is 8.48. The fourth-order valence-corrected chi connectivity index (χ4v) is 2.89. The number of unbranched alkanes of at least 4 members (excludes halogenated alkanes) is 2. The Kier molecular flexibility index (Phi) is 8.56. The zero-order chi connectivity index (χ0) is 21.3. The van der Waals surface area contributed by atoms with Crippen LogP contribution < -0.4 is 0 Å². The molecule has 0 bridgehead atoms. The fraction of sp³-hybridized carbons (Fsp3) is 0.455. The van der Waals surface area contributed by atoms with Crippen molar-refractivity contribution in [2.24, 2.45) is 0 Å². The quantitative estimate of drug-likeness (QED) is 0.296. The van der Waals surface area contributed by atoms with Gasteiger partial charge in [-0.15, -0.1) is 0 Å². The van der Waals surface area contributed by atoms with Crippen LogP contribution in [0.2, 0.25) is 0 Å². The highest BCUT2D eigenvalue weighted by atomic mass is 19.4. The molecule has 0 amide bonds. The van der Waals surface area contributed by atoms with E-state index in [0.29, 0.717) is 26.1 Å². The summed E-state index contributed by atoms with van der Waals surface area (Å²) in [5, 5.41) is 0. The first-order valence-corrected chi connectivity index (χ1v) is 9.56. The van der Waals surface area contributed by atoms with Gasteiger partial charge in [-0.05, 0) is 73.9 Å². The lowest BCUT2D eigenvalue weighted by Crippen LogP contribution is -2.04. The first-order valence-electron chi connectivity index (χ1n) is 9.56. The van der Waals surface area contributed by atoms with Crippen molar-refractivity contribution in [2.45, 2.75) is 50.9 Å². The molecule has 160 valence electrons. The molecule has 0 aliphatic heterocycles. The molecule has 0 aliphatic rings. The van der Waals surface area contributed by atoms with Crippen LogP contribution in [-0.2, 0) is 29.9 Å². The van der Waals surface area contributed by atoms with Crippen LogP contribution in [0.4, 0.5) is 26.3 Å². The van der Waals surface area contributed by atoms with E-state index in [4.69, 9.17) is 4.74 Å². The summed E-state index contributed by atoms with van der Waals surface area (Å²) in [5.41, 5.74) is 0.464. The minimum absolute atomic E-state index is 0.584. The molecule has 2 aromatic carbocycles. The number of hydrogen-bond acceptors (Lipinski definition) is 1. The molecule has 29 heavy (non-hydrogen) atoms. The minimum Gasteiger partial charge on any atom is -0.381 e. The van der Waals surface area contributed by atoms with E-state index in [-0.39, 0.29) is 0 Å². The maximum atomic E-state index is 12.5. The number of rotatable bonds is 10. The Morgan fingerprint density at radius 2 is 0.862 bits per heavy atom. The first-order chi connectivity index (χ1) is 13.7. The van der Waals surface area contributed by atoms with Crippen LogP contribution in [0.25, 0.3) is 0 Å². The van der Waals surface area contributed by atoms with Crippen LogP contribution in [0.5, 0.6) is 0 Å². The Bertz CT molecular complexity index is 653. The van der Waals surface area contributed by atoms with Crippen molar-refractivity contribution in [3.05, 3.63) is 70.8 Å². The average Bonchev–Trinajstić information content (AvgIpc) is 2.66. The fourth-order valence-electron chi connectivity index (χ4n) is 2.89. The second-order valence-electron chi connectivity index (χ2n) is 6.92. The summed E-state index contributed by atoms with van der Waals surface area (Å²) in [4.78, 5) is 0. The van der Waals surface area contributed by atoms with Crippen LogP contribution in [0, 0.1) is 0 Å². The largest absolute Gasteiger partial charge is 0.416 e. The molecule has 0 N–H and O–H groups in total. The summed E-state index contributed by atoms with van der Waals surface area (Å²) < 4.78 is 80.5. The van der Waals surface area contributed by atoms with Crippen molar-refractivity contribution >= 4 is 0 Å². The molecule has 0 atom stereocenters. The number of benzene rings is 2. The van der Waals surface area contributed by atoms with Crippen molar-refractivity contribution in [2.75, 3.05) is 13.2 Å². The van der Waals surface area contributed by atoms with Gasteiger partial charge in [0.25, 0.3) is 0 Å². The highest BCUT2D eigenvalue weighted by molar-refractivity contribution is 5.25. The predicted molar refractivity (Wildman–Crippen MR) is 99.6 cm³/mol. The molecule has 0 saturated carbocycles. The molecule has 0 heterocycles. The van der Waals surface area contributed by atoms with Gasteiger partial charge in [0.2, 0.25) is 0 Å². The topological polar surface area (TPSA) is 9.23 Å². The summed E-state index contributed by atoms with van der Waals surface area (Å²) in [7, 11) is 0. The zero-order valence-corrected chi connectivity index (χ0v) is 16.0. The van der Waals surface area contributed by atoms with E-state index in [9.17, 15) is 26.3 Å². The smallest absolute Gasteiger partial charge is 0.381 e. The third-order valence-electron chi connectivity index (χ3n) is 4.57. The number of ether oxygens (including phenoxy) is 1. The number of hydrogen-bond donors (Lipinski definition) is 0. The normalized spacial score (nSPS) is 12.3. The van der Waals surface area contributed by atoms with Crippen LogP contribution in [0.15, 0.2) is 48.5 Å². The molecule has 0 saturated heterocycles. The summed E-state index contributed by atoms with van der Waals surface area (Å²) in [6.45, 7) is 1.17. The van der Waals surface area contributed by atoms with Crippen LogP contribution in [-0.4, -0.2) is 13.2 Å². The maximum Gasteiger partial charge on any atom is 0.416 e. The van der Waals surface area contributed by atoms with E-state index in [1.165, 1.54) is 24.3 Å². The number of aryl methyl sites for hydroxylation is 2. The van der Waals surface area contributed by atoms with Crippen molar-refractivity contribution in [1.29, 1.82) is 0 Å². The van der Waals surface area contributed by atoms with Crippen molar-refractivity contribution in [1.82, 2.24) is 0 Å². The van der Waals surface area contributed by atoms with Crippen molar-refractivity contribution in [3.8, 4) is 0 Å². The van der Waals surface area contributed by atoms with Crippen LogP contribution in [0.1, 0.15) is 47.9 Å². The molecule has 1 nitrogen and oxygen atoms in total. The van der Waals surface area contributed by atoms with Gasteiger partial charge in [-0.1, -0.05) is 24.3 Å². The molecule has 0 fully saturated rings. The Balaban J connectivity index is 1.51. The molecule has 0 aliphatic carbocycles. The summed E-state index contributed by atoms with van der Waals surface area (Å²) in [6.07, 6.45) is -3.91. The van der Waals surface area contributed by atoms with Gasteiger partial charge in [0.1, 0.15) is 0 Å². The molecule has 2 aromatic rings. The molecule has 0 spiro atoms. The van der Waals surface area contributed by atoms with E-state index in [2.05, 4.69) is 0 Å². The second kappa shape index (κ2) is 10.7. The number of alkyl halides is 6. The maximum absolute atomic E-state index is 12.5. The molecule has 0 radical (unpaired) electrons. The second-order valence-corrected chi connectivity index (χ2v) is 6.92. The lowest BCUT2D eigenvalue weighted by atomic mass is 10.1. The van der Waals surface area contributed by atoms with Crippen LogP contribution >= 0.6 is 0 Å². The molecule has 7 heteroatoms. The summed E-state index contributed by atoms with van der Waals surface area (Å²) in [6, 6.07) is 10.4. The third-order valence-corrected chi connectivity index (χ3v) is 4.57. The number of halogens is 6. The first kappa shape index (κ1) is 23.3. The van der Waals surface area contributed by atoms with Crippen molar-refractivity contribution in [3.63, 3.8) is 0 Å². The summed E-state index contributed by atoms with van der Waals surface area (Å²) >= 11 is 0. The lowest BCUT2D eigenvalue weighted by molar-refractivity contribution is -0.138. The molecular formula is C22H24F6O. The molecule has 0 unspecified atom stereocenters. The Morgan fingerprint density at radius 3 is 1.17 bits per heavy atom.